The van der Waals surface area contributed by atoms with Crippen molar-refractivity contribution in [3.63, 3.8) is 0 Å². The van der Waals surface area contributed by atoms with Crippen molar-refractivity contribution in [2.24, 2.45) is 0 Å². The van der Waals surface area contributed by atoms with E-state index in [0.717, 1.165) is 13.1 Å². The van der Waals surface area contributed by atoms with Gasteiger partial charge in [-0.15, -0.1) is 0 Å². The number of ether oxygens (including phenoxy) is 1. The molecule has 1 heterocycles. The van der Waals surface area contributed by atoms with Crippen molar-refractivity contribution in [1.82, 2.24) is 15.5 Å². The SMILES string of the molecule is COc1ccc(C(=O)CNC(=O)CCC(=O)N2CCNC[C@H]2C)cc1. The summed E-state index contributed by atoms with van der Waals surface area (Å²) in [5.41, 5.74) is 0.506. The minimum Gasteiger partial charge on any atom is -0.497 e. The third-order valence-electron chi connectivity index (χ3n) is 4.25. The van der Waals surface area contributed by atoms with Gasteiger partial charge in [0.05, 0.1) is 13.7 Å². The Bertz CT molecular complexity index is 615. The molecule has 0 aromatic heterocycles. The molecule has 25 heavy (non-hydrogen) atoms. The van der Waals surface area contributed by atoms with Crippen LogP contribution in [0.5, 0.6) is 5.75 Å². The molecule has 1 fully saturated rings. The zero-order valence-electron chi connectivity index (χ0n) is 14.7. The van der Waals surface area contributed by atoms with Gasteiger partial charge in [-0.3, -0.25) is 14.4 Å². The second kappa shape index (κ2) is 9.17. The molecular weight excluding hydrogens is 322 g/mol. The maximum atomic E-state index is 12.2. The molecular formula is C18H25N3O4. The van der Waals surface area contributed by atoms with Gasteiger partial charge >= 0.3 is 0 Å². The number of Topliss-reactive ketones (excluding diaryl/α,β-unsaturated/α-hetero) is 1. The molecule has 0 radical (unpaired) electrons. The van der Waals surface area contributed by atoms with Gasteiger partial charge in [-0.25, -0.2) is 0 Å². The Morgan fingerprint density at radius 3 is 2.60 bits per heavy atom. The number of rotatable bonds is 7. The predicted molar refractivity (Wildman–Crippen MR) is 93.6 cm³/mol. The fraction of sp³-hybridized carbons (Fsp3) is 0.500. The van der Waals surface area contributed by atoms with E-state index in [1.165, 1.54) is 0 Å². The average molecular weight is 347 g/mol. The number of methoxy groups -OCH3 is 1. The number of carbonyl (C=O) groups excluding carboxylic acids is 3. The third-order valence-corrected chi connectivity index (χ3v) is 4.25. The number of benzene rings is 1. The summed E-state index contributed by atoms with van der Waals surface area (Å²) in [6.45, 7) is 4.12. The molecule has 1 saturated heterocycles. The smallest absolute Gasteiger partial charge is 0.223 e. The zero-order valence-corrected chi connectivity index (χ0v) is 14.7. The Kier molecular flexibility index (Phi) is 6.94. The second-order valence-corrected chi connectivity index (χ2v) is 6.07. The first-order valence-corrected chi connectivity index (χ1v) is 8.45. The van der Waals surface area contributed by atoms with Crippen LogP contribution in [0.15, 0.2) is 24.3 Å². The van der Waals surface area contributed by atoms with Gasteiger partial charge in [0.1, 0.15) is 5.75 Å². The Hall–Kier alpha value is -2.41. The summed E-state index contributed by atoms with van der Waals surface area (Å²) in [6.07, 6.45) is 0.248. The number of hydrogen-bond donors (Lipinski definition) is 2. The van der Waals surface area contributed by atoms with Gasteiger partial charge in [0.15, 0.2) is 5.78 Å². The number of hydrogen-bond acceptors (Lipinski definition) is 5. The highest BCUT2D eigenvalue weighted by Crippen LogP contribution is 2.11. The zero-order chi connectivity index (χ0) is 18.2. The van der Waals surface area contributed by atoms with Crippen molar-refractivity contribution in [1.29, 1.82) is 0 Å². The standard InChI is InChI=1S/C18H25N3O4/c1-13-11-19-9-10-21(13)18(24)8-7-17(23)20-12-16(22)14-3-5-15(25-2)6-4-14/h3-6,13,19H,7-12H2,1-2H3,(H,20,23)/t13-/m1/s1. The van der Waals surface area contributed by atoms with Crippen molar-refractivity contribution >= 4 is 17.6 Å². The van der Waals surface area contributed by atoms with Crippen LogP contribution in [0.3, 0.4) is 0 Å². The fourth-order valence-electron chi connectivity index (χ4n) is 2.72. The third kappa shape index (κ3) is 5.56. The molecule has 2 N–H and O–H groups in total. The minimum atomic E-state index is -0.294. The number of piperazine rings is 1. The molecule has 136 valence electrons. The van der Waals surface area contributed by atoms with Crippen LogP contribution in [-0.2, 0) is 9.59 Å². The van der Waals surface area contributed by atoms with E-state index in [0.29, 0.717) is 17.9 Å². The van der Waals surface area contributed by atoms with E-state index in [4.69, 9.17) is 4.74 Å². The molecule has 1 aliphatic heterocycles. The molecule has 2 rings (SSSR count). The highest BCUT2D eigenvalue weighted by molar-refractivity contribution is 5.99. The highest BCUT2D eigenvalue weighted by atomic mass is 16.5. The lowest BCUT2D eigenvalue weighted by atomic mass is 10.1. The largest absolute Gasteiger partial charge is 0.497 e. The Morgan fingerprint density at radius 1 is 1.24 bits per heavy atom. The van der Waals surface area contributed by atoms with Crippen molar-refractivity contribution in [2.45, 2.75) is 25.8 Å². The number of ketones is 1. The summed E-state index contributed by atoms with van der Waals surface area (Å²) < 4.78 is 5.04. The monoisotopic (exact) mass is 347 g/mol. The van der Waals surface area contributed by atoms with Crippen molar-refractivity contribution in [3.8, 4) is 5.75 Å². The van der Waals surface area contributed by atoms with Crippen LogP contribution in [-0.4, -0.2) is 61.8 Å². The molecule has 1 atom stereocenters. The van der Waals surface area contributed by atoms with Crippen LogP contribution < -0.4 is 15.4 Å². The van der Waals surface area contributed by atoms with E-state index in [2.05, 4.69) is 10.6 Å². The Morgan fingerprint density at radius 2 is 1.96 bits per heavy atom. The maximum Gasteiger partial charge on any atom is 0.223 e. The maximum absolute atomic E-state index is 12.2. The van der Waals surface area contributed by atoms with Gasteiger partial charge in [-0.2, -0.15) is 0 Å². The lowest BCUT2D eigenvalue weighted by Gasteiger charge is -2.34. The first-order chi connectivity index (χ1) is 12.0. The quantitative estimate of drug-likeness (QED) is 0.705. The Balaban J connectivity index is 1.72. The number of carbonyl (C=O) groups is 3. The normalized spacial score (nSPS) is 17.0. The fourth-order valence-corrected chi connectivity index (χ4v) is 2.72. The summed E-state index contributed by atoms with van der Waals surface area (Å²) in [5, 5.41) is 5.80. The summed E-state index contributed by atoms with van der Waals surface area (Å²) >= 11 is 0. The predicted octanol–water partition coefficient (Wildman–Crippen LogP) is 0.595. The van der Waals surface area contributed by atoms with Crippen LogP contribution in [0.4, 0.5) is 0 Å². The average Bonchev–Trinajstić information content (AvgIpc) is 2.64. The van der Waals surface area contributed by atoms with Crippen LogP contribution >= 0.6 is 0 Å². The van der Waals surface area contributed by atoms with Gasteiger partial charge in [-0.1, -0.05) is 0 Å². The lowest BCUT2D eigenvalue weighted by Crippen LogP contribution is -2.52. The van der Waals surface area contributed by atoms with E-state index in [1.807, 2.05) is 6.92 Å². The first kappa shape index (κ1) is 18.9. The molecule has 0 unspecified atom stereocenters. The van der Waals surface area contributed by atoms with Gasteiger partial charge in [0, 0.05) is 44.1 Å². The van der Waals surface area contributed by atoms with Gasteiger partial charge in [0.2, 0.25) is 11.8 Å². The first-order valence-electron chi connectivity index (χ1n) is 8.45. The molecule has 1 aromatic rings. The minimum absolute atomic E-state index is 0.0226. The van der Waals surface area contributed by atoms with E-state index >= 15 is 0 Å². The molecule has 1 aliphatic rings. The second-order valence-electron chi connectivity index (χ2n) is 6.07. The molecule has 0 aliphatic carbocycles. The number of nitrogens with one attached hydrogen (secondary N) is 2. The van der Waals surface area contributed by atoms with E-state index in [-0.39, 0.29) is 43.0 Å². The number of amides is 2. The van der Waals surface area contributed by atoms with Crippen LogP contribution in [0.1, 0.15) is 30.1 Å². The van der Waals surface area contributed by atoms with Crippen molar-refractivity contribution in [3.05, 3.63) is 29.8 Å². The van der Waals surface area contributed by atoms with Crippen LogP contribution in [0.2, 0.25) is 0 Å². The van der Waals surface area contributed by atoms with E-state index in [9.17, 15) is 14.4 Å². The van der Waals surface area contributed by atoms with Crippen molar-refractivity contribution < 1.29 is 19.1 Å². The summed E-state index contributed by atoms with van der Waals surface area (Å²) in [4.78, 5) is 37.9. The molecule has 2 amide bonds. The highest BCUT2D eigenvalue weighted by Gasteiger charge is 2.23. The van der Waals surface area contributed by atoms with E-state index < -0.39 is 0 Å². The van der Waals surface area contributed by atoms with E-state index in [1.54, 1.807) is 36.3 Å². The molecule has 0 saturated carbocycles. The van der Waals surface area contributed by atoms with Crippen LogP contribution in [0.25, 0.3) is 0 Å². The van der Waals surface area contributed by atoms with Gasteiger partial charge in [-0.05, 0) is 31.2 Å². The summed E-state index contributed by atoms with van der Waals surface area (Å²) in [6, 6.07) is 6.84. The molecule has 0 spiro atoms. The topological polar surface area (TPSA) is 87.7 Å². The molecule has 7 heteroatoms. The Labute approximate surface area is 147 Å². The summed E-state index contributed by atoms with van der Waals surface area (Å²) in [7, 11) is 1.56. The van der Waals surface area contributed by atoms with Gasteiger partial charge < -0.3 is 20.3 Å². The lowest BCUT2D eigenvalue weighted by molar-refractivity contribution is -0.136. The van der Waals surface area contributed by atoms with Crippen molar-refractivity contribution in [2.75, 3.05) is 33.3 Å². The summed E-state index contributed by atoms with van der Waals surface area (Å²) in [5.74, 6) is 0.169. The molecule has 1 aromatic carbocycles. The number of nitrogens with zero attached hydrogens (tertiary/aromatic N) is 1. The van der Waals surface area contributed by atoms with Crippen LogP contribution in [0, 0.1) is 0 Å². The molecule has 7 nitrogen and oxygen atoms in total. The molecule has 0 bridgehead atoms. The van der Waals surface area contributed by atoms with Gasteiger partial charge in [0.25, 0.3) is 0 Å².